The Labute approximate surface area is 502 Å². The molecule has 0 atom stereocenters. The second kappa shape index (κ2) is 20.5. The van der Waals surface area contributed by atoms with E-state index < -0.39 is 0 Å². The molecule has 0 fully saturated rings. The molecule has 13 rings (SSSR count). The van der Waals surface area contributed by atoms with Crippen molar-refractivity contribution in [3.05, 3.63) is 235 Å². The van der Waals surface area contributed by atoms with E-state index in [1.54, 1.807) is 0 Å². The van der Waals surface area contributed by atoms with Crippen LogP contribution in [0.1, 0.15) is 105 Å². The van der Waals surface area contributed by atoms with Crippen LogP contribution in [-0.4, -0.2) is 14.1 Å². The van der Waals surface area contributed by atoms with Gasteiger partial charge in [0.15, 0.2) is 0 Å². The predicted molar refractivity (Wildman–Crippen MR) is 338 cm³/mol. The molecule has 83 heavy (non-hydrogen) atoms. The minimum Gasteiger partial charge on any atom is -0.510 e. The average Bonchev–Trinajstić information content (AvgIpc) is 2.20. The number of para-hydroxylation sites is 4. The van der Waals surface area contributed by atoms with Gasteiger partial charge in [0.1, 0.15) is 17.0 Å². The number of aromatic nitrogens is 4. The summed E-state index contributed by atoms with van der Waals surface area (Å²) in [4.78, 5) is 5.30. The molecular formula is C76H68N4O2Pt-2. The van der Waals surface area contributed by atoms with E-state index in [9.17, 15) is 0 Å². The number of pyridine rings is 1. The van der Waals surface area contributed by atoms with E-state index in [0.717, 1.165) is 83.1 Å². The quantitative estimate of drug-likeness (QED) is 0.113. The molecule has 0 aliphatic heterocycles. The molecule has 7 heteroatoms. The number of ether oxygens (including phenoxy) is 1. The van der Waals surface area contributed by atoms with Crippen LogP contribution in [0.5, 0.6) is 11.5 Å². The molecule has 0 aliphatic rings. The van der Waals surface area contributed by atoms with Crippen LogP contribution in [0.3, 0.4) is 0 Å². The topological polar surface area (TPSA) is 49.0 Å². The fraction of sp³-hybridized carbons (Fsp3) is 0.211. The fourth-order valence-electron chi connectivity index (χ4n) is 11.3. The summed E-state index contributed by atoms with van der Waals surface area (Å²) < 4.78 is 19.2. The molecule has 416 valence electrons. The average molecular weight is 1260 g/mol. The zero-order valence-corrected chi connectivity index (χ0v) is 51.7. The molecule has 0 amide bonds. The molecular weight excluding hydrogens is 1200 g/mol. The van der Waals surface area contributed by atoms with Gasteiger partial charge in [-0.2, -0.15) is 18.2 Å². The van der Waals surface area contributed by atoms with Gasteiger partial charge < -0.3 is 18.3 Å². The van der Waals surface area contributed by atoms with E-state index in [1.165, 1.54) is 44.5 Å². The summed E-state index contributed by atoms with van der Waals surface area (Å²) >= 11 is 0. The molecule has 0 saturated heterocycles. The third kappa shape index (κ3) is 10.4. The standard InChI is InChI=1S/C76H68N4O2.Pt/c1-73(2,3)54-37-52(38-55(41-54)74(4,5)6)50-34-49(35-51(36-50)53-39-56(75(7,8)9)42-57(40-53)76(10,11)12)48-28-33-72(77-46-48)80-66-24-15-13-22-62(66)63-31-30-61(45-69(63)80)81-60-21-19-20-58(43-60)78-47-79(68-26-17-16-25-67(68)78)59-29-32-71-65(44-59)64-23-14-18-27-70(64)82-71;/h13-42,44,46H,1-12H3;/q-2;. The van der Waals surface area contributed by atoms with Crippen LogP contribution in [-0.2, 0) is 42.7 Å². The molecule has 4 aromatic heterocycles. The van der Waals surface area contributed by atoms with Crippen molar-refractivity contribution < 1.29 is 34.8 Å². The first kappa shape index (κ1) is 55.2. The van der Waals surface area contributed by atoms with Crippen molar-refractivity contribution in [3.8, 4) is 62.1 Å². The third-order valence-corrected chi connectivity index (χ3v) is 16.2. The van der Waals surface area contributed by atoms with Crippen LogP contribution in [0, 0.1) is 18.5 Å². The van der Waals surface area contributed by atoms with Gasteiger partial charge in [-0.3, -0.25) is 4.57 Å². The normalized spacial score (nSPS) is 12.5. The number of rotatable bonds is 8. The summed E-state index contributed by atoms with van der Waals surface area (Å²) in [5.74, 6) is 1.92. The maximum atomic E-state index is 6.71. The Morgan fingerprint density at radius 3 is 1.59 bits per heavy atom. The summed E-state index contributed by atoms with van der Waals surface area (Å²) in [5, 5.41) is 4.31. The Bertz CT molecular complexity index is 4480. The van der Waals surface area contributed by atoms with Gasteiger partial charge in [0.05, 0.1) is 16.7 Å². The second-order valence-electron chi connectivity index (χ2n) is 26.3. The van der Waals surface area contributed by atoms with Gasteiger partial charge in [0, 0.05) is 60.6 Å². The molecule has 0 spiro atoms. The smallest absolute Gasteiger partial charge is 0.268 e. The van der Waals surface area contributed by atoms with Gasteiger partial charge >= 0.3 is 0 Å². The minimum atomic E-state index is -0.0308. The van der Waals surface area contributed by atoms with Crippen LogP contribution < -0.4 is 9.30 Å². The molecule has 0 N–H and O–H groups in total. The van der Waals surface area contributed by atoms with Gasteiger partial charge in [-0.05, 0) is 143 Å². The molecule has 9 aromatic carbocycles. The van der Waals surface area contributed by atoms with Gasteiger partial charge in [-0.15, -0.1) is 29.7 Å². The van der Waals surface area contributed by atoms with Crippen LogP contribution >= 0.6 is 0 Å². The third-order valence-electron chi connectivity index (χ3n) is 16.2. The Kier molecular flexibility index (Phi) is 13.7. The van der Waals surface area contributed by atoms with Crippen molar-refractivity contribution in [2.75, 3.05) is 0 Å². The molecule has 0 bridgehead atoms. The summed E-state index contributed by atoms with van der Waals surface area (Å²) in [5.41, 5.74) is 19.5. The zero-order chi connectivity index (χ0) is 57.0. The Morgan fingerprint density at radius 1 is 0.434 bits per heavy atom. The zero-order valence-electron chi connectivity index (χ0n) is 49.4. The Morgan fingerprint density at radius 2 is 0.976 bits per heavy atom. The summed E-state index contributed by atoms with van der Waals surface area (Å²) in [6.45, 7) is 27.7. The van der Waals surface area contributed by atoms with Crippen LogP contribution in [0.2, 0.25) is 0 Å². The molecule has 0 radical (unpaired) electrons. The number of fused-ring (bicyclic) bond motifs is 7. The minimum absolute atomic E-state index is 0. The van der Waals surface area contributed by atoms with Crippen molar-refractivity contribution in [2.45, 2.75) is 105 Å². The van der Waals surface area contributed by atoms with Crippen molar-refractivity contribution in [2.24, 2.45) is 0 Å². The second-order valence-corrected chi connectivity index (χ2v) is 26.3. The Balaban J connectivity index is 0.00000680. The number of benzene rings is 9. The molecule has 0 unspecified atom stereocenters. The molecule has 6 nitrogen and oxygen atoms in total. The Hall–Kier alpha value is -8.31. The van der Waals surface area contributed by atoms with Crippen LogP contribution in [0.15, 0.2) is 199 Å². The van der Waals surface area contributed by atoms with E-state index in [1.807, 2.05) is 59.3 Å². The predicted octanol–water partition coefficient (Wildman–Crippen LogP) is 19.7. The van der Waals surface area contributed by atoms with Gasteiger partial charge in [0.2, 0.25) is 0 Å². The van der Waals surface area contributed by atoms with E-state index in [0.29, 0.717) is 11.5 Å². The maximum Gasteiger partial charge on any atom is 0.268 e. The number of nitrogens with zero attached hydrogens (tertiary/aromatic N) is 4. The van der Waals surface area contributed by atoms with Crippen molar-refractivity contribution in [3.63, 3.8) is 0 Å². The SMILES string of the molecule is CC(C)(C)c1cc(-c2cc(-c3ccc(-n4c5[c-]c(Oc6[c-]c(-n7[c-][n+](-c8ccc9oc%10ccccc%10c9c8)c8ccccc87)ccc6)ccc5c5ccccc54)nc3)cc(-c3cc(C(C)(C)C)cc(C(C)(C)C)c3)c2)cc(C(C)(C)C)c1.[Pt]. The monoisotopic (exact) mass is 1260 g/mol. The van der Waals surface area contributed by atoms with Gasteiger partial charge in [-0.25, -0.2) is 4.98 Å². The molecule has 0 aliphatic carbocycles. The first-order valence-corrected chi connectivity index (χ1v) is 28.6. The van der Waals surface area contributed by atoms with E-state index in [-0.39, 0.29) is 42.7 Å². The summed E-state index contributed by atoms with van der Waals surface area (Å²) in [7, 11) is 0. The van der Waals surface area contributed by atoms with E-state index in [4.69, 9.17) is 14.1 Å². The van der Waals surface area contributed by atoms with E-state index in [2.05, 4.69) is 250 Å². The largest absolute Gasteiger partial charge is 0.510 e. The van der Waals surface area contributed by atoms with Gasteiger partial charge in [0.25, 0.3) is 6.33 Å². The summed E-state index contributed by atoms with van der Waals surface area (Å²) in [6.07, 6.45) is 5.67. The van der Waals surface area contributed by atoms with E-state index >= 15 is 0 Å². The number of imidazole rings is 1. The first-order chi connectivity index (χ1) is 39.1. The fourth-order valence-corrected chi connectivity index (χ4v) is 11.3. The van der Waals surface area contributed by atoms with Crippen LogP contribution in [0.25, 0.3) is 105 Å². The molecule has 4 heterocycles. The maximum absolute atomic E-state index is 6.71. The number of furan rings is 1. The number of hydrogen-bond acceptors (Lipinski definition) is 3. The first-order valence-electron chi connectivity index (χ1n) is 28.6. The molecule has 13 aromatic rings. The van der Waals surface area contributed by atoms with Crippen molar-refractivity contribution in [1.29, 1.82) is 0 Å². The summed E-state index contributed by atoms with van der Waals surface area (Å²) in [6, 6.07) is 74.5. The number of hydrogen-bond donors (Lipinski definition) is 0. The van der Waals surface area contributed by atoms with Crippen molar-refractivity contribution in [1.82, 2.24) is 14.1 Å². The van der Waals surface area contributed by atoms with Gasteiger partial charge in [-0.1, -0.05) is 186 Å². The van der Waals surface area contributed by atoms with Crippen molar-refractivity contribution >= 4 is 54.8 Å². The molecule has 0 saturated carbocycles. The van der Waals surface area contributed by atoms with Crippen LogP contribution in [0.4, 0.5) is 0 Å².